The molecule has 1 heterocycles. The highest BCUT2D eigenvalue weighted by Crippen LogP contribution is 2.35. The highest BCUT2D eigenvalue weighted by molar-refractivity contribution is 5.85. The van der Waals surface area contributed by atoms with Crippen molar-refractivity contribution in [1.29, 1.82) is 0 Å². The molecule has 166 valence electrons. The van der Waals surface area contributed by atoms with Crippen LogP contribution < -0.4 is 5.32 Å². The highest BCUT2D eigenvalue weighted by atomic mass is 19.1. The van der Waals surface area contributed by atoms with Crippen LogP contribution in [0.3, 0.4) is 0 Å². The summed E-state index contributed by atoms with van der Waals surface area (Å²) in [7, 11) is 3.74. The van der Waals surface area contributed by atoms with Crippen LogP contribution in [0.25, 0.3) is 11.1 Å². The lowest BCUT2D eigenvalue weighted by Crippen LogP contribution is -2.55. The molecule has 1 N–H and O–H groups in total. The number of halogens is 1. The van der Waals surface area contributed by atoms with Crippen molar-refractivity contribution in [2.75, 3.05) is 40.3 Å². The number of nitrogens with zero attached hydrogens (tertiary/aromatic N) is 2. The largest absolute Gasteiger partial charge is 0.356 e. The number of benzene rings is 2. The Morgan fingerprint density at radius 2 is 1.84 bits per heavy atom. The third kappa shape index (κ3) is 5.70. The summed E-state index contributed by atoms with van der Waals surface area (Å²) < 4.78 is 13.7. The van der Waals surface area contributed by atoms with E-state index >= 15 is 0 Å². The summed E-state index contributed by atoms with van der Waals surface area (Å²) in [4.78, 5) is 29.6. The molecule has 0 unspecified atom stereocenters. The molecule has 3 rings (SSSR count). The van der Waals surface area contributed by atoms with Crippen LogP contribution in [0.15, 0.2) is 48.5 Å². The molecule has 0 aliphatic carbocycles. The second kappa shape index (κ2) is 10.1. The molecule has 0 aromatic heterocycles. The van der Waals surface area contributed by atoms with E-state index in [-0.39, 0.29) is 17.6 Å². The summed E-state index contributed by atoms with van der Waals surface area (Å²) in [5, 5.41) is 2.99. The van der Waals surface area contributed by atoms with E-state index in [1.165, 1.54) is 12.1 Å². The Morgan fingerprint density at radius 3 is 2.52 bits per heavy atom. The fourth-order valence-corrected chi connectivity index (χ4v) is 4.39. The van der Waals surface area contributed by atoms with Gasteiger partial charge in [0.15, 0.2) is 0 Å². The normalized spacial score (nSPS) is 18.8. The van der Waals surface area contributed by atoms with Gasteiger partial charge >= 0.3 is 0 Å². The molecule has 1 fully saturated rings. The van der Waals surface area contributed by atoms with Gasteiger partial charge in [0.1, 0.15) is 5.82 Å². The van der Waals surface area contributed by atoms with Crippen LogP contribution in [0.5, 0.6) is 0 Å². The number of hydrogen-bond donors (Lipinski definition) is 1. The van der Waals surface area contributed by atoms with E-state index < -0.39 is 5.41 Å². The maximum Gasteiger partial charge on any atom is 0.236 e. The van der Waals surface area contributed by atoms with Crippen LogP contribution in [0.2, 0.25) is 0 Å². The summed E-state index contributed by atoms with van der Waals surface area (Å²) in [6.07, 6.45) is 2.06. The third-order valence-electron chi connectivity index (χ3n) is 5.83. The van der Waals surface area contributed by atoms with Crippen LogP contribution in [0.1, 0.15) is 25.3 Å². The summed E-state index contributed by atoms with van der Waals surface area (Å²) in [5.74, 6) is -0.232. The molecule has 0 spiro atoms. The van der Waals surface area contributed by atoms with Crippen molar-refractivity contribution in [3.63, 3.8) is 0 Å². The summed E-state index contributed by atoms with van der Waals surface area (Å²) in [6, 6.07) is 14.4. The van der Waals surface area contributed by atoms with Gasteiger partial charge < -0.3 is 15.1 Å². The van der Waals surface area contributed by atoms with Gasteiger partial charge in [-0.05, 0) is 69.1 Å². The standard InChI is InChI=1S/C25H32FN3O2/c1-4-27-24(31)25(12-7-13-29(18-25)23(30)17-28(2)3)16-19-8-5-9-20(14-19)21-10-6-11-22(26)15-21/h5-6,8-11,14-15H,4,7,12-13,16-18H2,1-3H3,(H,27,31)/t25-/m1/s1. The van der Waals surface area contributed by atoms with Gasteiger partial charge in [-0.15, -0.1) is 0 Å². The summed E-state index contributed by atoms with van der Waals surface area (Å²) >= 11 is 0. The lowest BCUT2D eigenvalue weighted by Gasteiger charge is -2.42. The van der Waals surface area contributed by atoms with E-state index in [0.717, 1.165) is 29.5 Å². The van der Waals surface area contributed by atoms with Gasteiger partial charge in [0, 0.05) is 19.6 Å². The van der Waals surface area contributed by atoms with Crippen molar-refractivity contribution < 1.29 is 14.0 Å². The Hall–Kier alpha value is -2.73. The lowest BCUT2D eigenvalue weighted by atomic mass is 9.74. The lowest BCUT2D eigenvalue weighted by molar-refractivity contribution is -0.141. The topological polar surface area (TPSA) is 52.7 Å². The van der Waals surface area contributed by atoms with Gasteiger partial charge in [-0.25, -0.2) is 4.39 Å². The Balaban J connectivity index is 1.89. The van der Waals surface area contributed by atoms with Crippen LogP contribution in [0, 0.1) is 11.2 Å². The molecule has 6 heteroatoms. The summed E-state index contributed by atoms with van der Waals surface area (Å²) in [6.45, 7) is 3.89. The Morgan fingerprint density at radius 1 is 1.13 bits per heavy atom. The number of rotatable bonds is 7. The molecule has 31 heavy (non-hydrogen) atoms. The molecular formula is C25H32FN3O2. The molecule has 0 bridgehead atoms. The number of hydrogen-bond acceptors (Lipinski definition) is 3. The van der Waals surface area contributed by atoms with Gasteiger partial charge in [0.25, 0.3) is 0 Å². The first-order valence-electron chi connectivity index (χ1n) is 10.9. The molecule has 5 nitrogen and oxygen atoms in total. The average molecular weight is 426 g/mol. The van der Waals surface area contributed by atoms with Crippen LogP contribution in [-0.2, 0) is 16.0 Å². The van der Waals surface area contributed by atoms with E-state index in [1.54, 1.807) is 6.07 Å². The van der Waals surface area contributed by atoms with Crippen molar-refractivity contribution in [2.24, 2.45) is 5.41 Å². The van der Waals surface area contributed by atoms with Crippen molar-refractivity contribution in [1.82, 2.24) is 15.1 Å². The SMILES string of the molecule is CCNC(=O)[C@@]1(Cc2cccc(-c3cccc(F)c3)c2)CCCN(C(=O)CN(C)C)C1. The Kier molecular flexibility index (Phi) is 7.44. The zero-order chi connectivity index (χ0) is 22.4. The highest BCUT2D eigenvalue weighted by Gasteiger charge is 2.43. The predicted molar refractivity (Wildman–Crippen MR) is 121 cm³/mol. The molecule has 0 radical (unpaired) electrons. The second-order valence-corrected chi connectivity index (χ2v) is 8.68. The van der Waals surface area contributed by atoms with Gasteiger partial charge in [-0.1, -0.05) is 36.4 Å². The minimum atomic E-state index is -0.670. The summed E-state index contributed by atoms with van der Waals surface area (Å²) in [5.41, 5.74) is 2.06. The number of likely N-dealkylation sites (tertiary alicyclic amines) is 1. The molecule has 2 aromatic carbocycles. The van der Waals surface area contributed by atoms with Gasteiger partial charge in [-0.3, -0.25) is 9.59 Å². The van der Waals surface area contributed by atoms with Crippen LogP contribution in [0.4, 0.5) is 4.39 Å². The number of nitrogens with one attached hydrogen (secondary N) is 1. The first-order chi connectivity index (χ1) is 14.8. The minimum absolute atomic E-state index is 0.00601. The fourth-order valence-electron chi connectivity index (χ4n) is 4.39. The van der Waals surface area contributed by atoms with Crippen molar-refractivity contribution >= 4 is 11.8 Å². The predicted octanol–water partition coefficient (Wildman–Crippen LogP) is 3.34. The average Bonchev–Trinajstić information content (AvgIpc) is 2.74. The van der Waals surface area contributed by atoms with Crippen molar-refractivity contribution in [2.45, 2.75) is 26.2 Å². The van der Waals surface area contributed by atoms with E-state index in [0.29, 0.717) is 32.6 Å². The molecule has 1 aliphatic heterocycles. The van der Waals surface area contributed by atoms with Crippen molar-refractivity contribution in [3.05, 3.63) is 59.9 Å². The maximum absolute atomic E-state index is 13.7. The molecule has 1 aliphatic rings. The number of likely N-dealkylation sites (N-methyl/N-ethyl adjacent to an activating group) is 1. The van der Waals surface area contributed by atoms with E-state index in [2.05, 4.69) is 5.32 Å². The molecule has 0 saturated carbocycles. The smallest absolute Gasteiger partial charge is 0.236 e. The molecule has 1 atom stereocenters. The van der Waals surface area contributed by atoms with E-state index in [1.807, 2.05) is 61.2 Å². The maximum atomic E-state index is 13.7. The second-order valence-electron chi connectivity index (χ2n) is 8.68. The Labute approximate surface area is 184 Å². The van der Waals surface area contributed by atoms with E-state index in [9.17, 15) is 14.0 Å². The first-order valence-corrected chi connectivity index (χ1v) is 10.9. The molecule has 1 saturated heterocycles. The van der Waals surface area contributed by atoms with Gasteiger partial charge in [0.2, 0.25) is 11.8 Å². The fraction of sp³-hybridized carbons (Fsp3) is 0.440. The third-order valence-corrected chi connectivity index (χ3v) is 5.83. The van der Waals surface area contributed by atoms with E-state index in [4.69, 9.17) is 0 Å². The molecule has 2 amide bonds. The first kappa shape index (κ1) is 22.9. The Bertz CT molecular complexity index is 930. The monoisotopic (exact) mass is 425 g/mol. The van der Waals surface area contributed by atoms with Gasteiger partial charge in [-0.2, -0.15) is 0 Å². The number of carbonyl (C=O) groups is 2. The molecular weight excluding hydrogens is 393 g/mol. The number of amides is 2. The quantitative estimate of drug-likeness (QED) is 0.740. The zero-order valence-corrected chi connectivity index (χ0v) is 18.7. The molecule has 2 aromatic rings. The number of piperidine rings is 1. The van der Waals surface area contributed by atoms with Crippen LogP contribution in [-0.4, -0.2) is 61.9 Å². The zero-order valence-electron chi connectivity index (χ0n) is 18.7. The minimum Gasteiger partial charge on any atom is -0.356 e. The van der Waals surface area contributed by atoms with Crippen LogP contribution >= 0.6 is 0 Å². The van der Waals surface area contributed by atoms with Gasteiger partial charge in [0.05, 0.1) is 12.0 Å². The number of carbonyl (C=O) groups excluding carboxylic acids is 2. The van der Waals surface area contributed by atoms with Crippen molar-refractivity contribution in [3.8, 4) is 11.1 Å².